The molecule has 0 radical (unpaired) electrons. The molecule has 0 bridgehead atoms. The molecule has 0 rings (SSSR count). The van der Waals surface area contributed by atoms with Gasteiger partial charge >= 0.3 is 5.97 Å². The molecule has 5 heteroatoms. The molecular formula is C10H14O5. The maximum atomic E-state index is 11.2. The second-order valence-corrected chi connectivity index (χ2v) is 2.77. The number of ether oxygens (including phenoxy) is 1. The molecule has 15 heavy (non-hydrogen) atoms. The van der Waals surface area contributed by atoms with Crippen LogP contribution in [0.1, 0.15) is 20.3 Å². The summed E-state index contributed by atoms with van der Waals surface area (Å²) in [7, 11) is 0. The number of hydrogen-bond acceptors (Lipinski definition) is 5. The van der Waals surface area contributed by atoms with E-state index in [0.29, 0.717) is 0 Å². The second-order valence-electron chi connectivity index (χ2n) is 2.77. The molecule has 0 aromatic rings. The van der Waals surface area contributed by atoms with Crippen LogP contribution in [0, 0.1) is 0 Å². The Labute approximate surface area is 87.7 Å². The summed E-state index contributed by atoms with van der Waals surface area (Å²) in [5.74, 6) is -4.91. The van der Waals surface area contributed by atoms with Crippen LogP contribution >= 0.6 is 0 Å². The van der Waals surface area contributed by atoms with Crippen LogP contribution in [0.2, 0.25) is 0 Å². The molecule has 0 aliphatic carbocycles. The Balaban J connectivity index is 4.80. The third kappa shape index (κ3) is 3.21. The standard InChI is InChI=1S/C10H14O5/c1-4-7(11)9(13)15-10(14,6-3)8(12)5-2/h4-5,11,14H,2,6H2,1,3H3. The fourth-order valence-electron chi connectivity index (χ4n) is 0.780. The van der Waals surface area contributed by atoms with E-state index in [0.717, 1.165) is 12.2 Å². The zero-order valence-corrected chi connectivity index (χ0v) is 8.69. The number of carbonyl (C=O) groups excluding carboxylic acids is 2. The number of aliphatic hydroxyl groups is 2. The van der Waals surface area contributed by atoms with Gasteiger partial charge in [-0.05, 0) is 19.1 Å². The summed E-state index contributed by atoms with van der Waals surface area (Å²) in [6.45, 7) is 6.04. The van der Waals surface area contributed by atoms with E-state index in [1.165, 1.54) is 13.8 Å². The molecule has 0 aliphatic heterocycles. The smallest absolute Gasteiger partial charge is 0.375 e. The van der Waals surface area contributed by atoms with Gasteiger partial charge in [0.1, 0.15) is 0 Å². The van der Waals surface area contributed by atoms with Crippen LogP contribution in [-0.2, 0) is 14.3 Å². The summed E-state index contributed by atoms with van der Waals surface area (Å²) in [5, 5.41) is 18.6. The van der Waals surface area contributed by atoms with Crippen LogP contribution in [-0.4, -0.2) is 27.8 Å². The summed E-state index contributed by atoms with van der Waals surface area (Å²) < 4.78 is 4.47. The first kappa shape index (κ1) is 13.4. The summed E-state index contributed by atoms with van der Waals surface area (Å²) in [4.78, 5) is 22.2. The minimum Gasteiger partial charge on any atom is -0.502 e. The van der Waals surface area contributed by atoms with Gasteiger partial charge in [0.25, 0.3) is 5.79 Å². The highest BCUT2D eigenvalue weighted by Gasteiger charge is 2.37. The van der Waals surface area contributed by atoms with E-state index < -0.39 is 23.3 Å². The highest BCUT2D eigenvalue weighted by molar-refractivity contribution is 5.97. The van der Waals surface area contributed by atoms with Crippen molar-refractivity contribution in [2.24, 2.45) is 0 Å². The van der Waals surface area contributed by atoms with Crippen molar-refractivity contribution >= 4 is 11.8 Å². The Kier molecular flexibility index (Phi) is 4.73. The van der Waals surface area contributed by atoms with Crippen LogP contribution in [0.25, 0.3) is 0 Å². The molecule has 0 fully saturated rings. The van der Waals surface area contributed by atoms with E-state index in [4.69, 9.17) is 5.11 Å². The largest absolute Gasteiger partial charge is 0.502 e. The van der Waals surface area contributed by atoms with Gasteiger partial charge in [-0.15, -0.1) is 0 Å². The van der Waals surface area contributed by atoms with Crippen molar-refractivity contribution in [2.45, 2.75) is 26.1 Å². The fraction of sp³-hybridized carbons (Fsp3) is 0.400. The quantitative estimate of drug-likeness (QED) is 0.307. The highest BCUT2D eigenvalue weighted by Crippen LogP contribution is 2.15. The van der Waals surface area contributed by atoms with Gasteiger partial charge in [-0.3, -0.25) is 4.79 Å². The molecule has 0 aliphatic rings. The van der Waals surface area contributed by atoms with Crippen molar-refractivity contribution in [1.82, 2.24) is 0 Å². The van der Waals surface area contributed by atoms with E-state index in [1.54, 1.807) is 0 Å². The Bertz CT molecular complexity index is 305. The lowest BCUT2D eigenvalue weighted by Crippen LogP contribution is -2.42. The number of ketones is 1. The monoisotopic (exact) mass is 214 g/mol. The molecule has 5 nitrogen and oxygen atoms in total. The van der Waals surface area contributed by atoms with E-state index in [1.807, 2.05) is 0 Å². The third-order valence-electron chi connectivity index (χ3n) is 1.79. The van der Waals surface area contributed by atoms with E-state index >= 15 is 0 Å². The summed E-state index contributed by atoms with van der Waals surface area (Å²) in [6, 6.07) is 0. The van der Waals surface area contributed by atoms with Crippen molar-refractivity contribution in [3.63, 3.8) is 0 Å². The highest BCUT2D eigenvalue weighted by atomic mass is 16.7. The average Bonchev–Trinajstić information content (AvgIpc) is 2.26. The molecule has 0 aromatic heterocycles. The van der Waals surface area contributed by atoms with Crippen LogP contribution in [0.3, 0.4) is 0 Å². The lowest BCUT2D eigenvalue weighted by atomic mass is 10.1. The zero-order valence-electron chi connectivity index (χ0n) is 8.69. The molecule has 0 spiro atoms. The topological polar surface area (TPSA) is 83.8 Å². The van der Waals surface area contributed by atoms with Crippen LogP contribution in [0.4, 0.5) is 0 Å². The number of hydrogen-bond donors (Lipinski definition) is 2. The lowest BCUT2D eigenvalue weighted by molar-refractivity contribution is -0.206. The first-order chi connectivity index (χ1) is 6.91. The maximum Gasteiger partial charge on any atom is 0.375 e. The predicted molar refractivity (Wildman–Crippen MR) is 52.9 cm³/mol. The molecule has 2 N–H and O–H groups in total. The average molecular weight is 214 g/mol. The Morgan fingerprint density at radius 1 is 1.53 bits per heavy atom. The van der Waals surface area contributed by atoms with Gasteiger partial charge in [-0.2, -0.15) is 0 Å². The minimum absolute atomic E-state index is 0.124. The summed E-state index contributed by atoms with van der Waals surface area (Å²) >= 11 is 0. The molecule has 0 heterocycles. The molecule has 0 amide bonds. The first-order valence-electron chi connectivity index (χ1n) is 4.39. The number of carbonyl (C=O) groups is 2. The maximum absolute atomic E-state index is 11.2. The van der Waals surface area contributed by atoms with Gasteiger partial charge in [0, 0.05) is 6.42 Å². The van der Waals surface area contributed by atoms with Crippen LogP contribution in [0.5, 0.6) is 0 Å². The van der Waals surface area contributed by atoms with Crippen molar-refractivity contribution in [2.75, 3.05) is 0 Å². The molecule has 84 valence electrons. The van der Waals surface area contributed by atoms with Gasteiger partial charge < -0.3 is 14.9 Å². The molecule has 1 atom stereocenters. The first-order valence-corrected chi connectivity index (χ1v) is 4.39. The molecular weight excluding hydrogens is 200 g/mol. The molecule has 0 saturated heterocycles. The number of rotatable bonds is 5. The van der Waals surface area contributed by atoms with Crippen molar-refractivity contribution in [3.8, 4) is 0 Å². The third-order valence-corrected chi connectivity index (χ3v) is 1.79. The van der Waals surface area contributed by atoms with Crippen LogP contribution < -0.4 is 0 Å². The van der Waals surface area contributed by atoms with E-state index in [9.17, 15) is 14.7 Å². The summed E-state index contributed by atoms with van der Waals surface area (Å²) in [6.07, 6.45) is 1.82. The van der Waals surface area contributed by atoms with Crippen molar-refractivity contribution in [3.05, 3.63) is 24.5 Å². The van der Waals surface area contributed by atoms with E-state index in [2.05, 4.69) is 11.3 Å². The van der Waals surface area contributed by atoms with Gasteiger partial charge in [-0.1, -0.05) is 13.5 Å². The number of esters is 1. The van der Waals surface area contributed by atoms with Crippen molar-refractivity contribution < 1.29 is 24.5 Å². The van der Waals surface area contributed by atoms with Gasteiger partial charge in [0.2, 0.25) is 5.78 Å². The SMILES string of the molecule is C=CC(=O)C(O)(CC)OC(=O)C(O)=CC. The van der Waals surface area contributed by atoms with Gasteiger partial charge in [0.05, 0.1) is 0 Å². The number of allylic oxidation sites excluding steroid dienone is 1. The van der Waals surface area contributed by atoms with Crippen molar-refractivity contribution in [1.29, 1.82) is 0 Å². The molecule has 0 aromatic carbocycles. The van der Waals surface area contributed by atoms with E-state index in [-0.39, 0.29) is 6.42 Å². The predicted octanol–water partition coefficient (Wildman–Crippen LogP) is 0.845. The Hall–Kier alpha value is -1.62. The normalized spacial score (nSPS) is 15.3. The van der Waals surface area contributed by atoms with Gasteiger partial charge in [-0.25, -0.2) is 4.79 Å². The van der Waals surface area contributed by atoms with Crippen LogP contribution in [0.15, 0.2) is 24.5 Å². The zero-order chi connectivity index (χ0) is 12.1. The lowest BCUT2D eigenvalue weighted by Gasteiger charge is -2.23. The van der Waals surface area contributed by atoms with Gasteiger partial charge in [0.15, 0.2) is 5.76 Å². The fourth-order valence-corrected chi connectivity index (χ4v) is 0.780. The molecule has 0 saturated carbocycles. The second kappa shape index (κ2) is 5.31. The Morgan fingerprint density at radius 3 is 2.40 bits per heavy atom. The summed E-state index contributed by atoms with van der Waals surface area (Å²) in [5.41, 5.74) is 0. The Morgan fingerprint density at radius 2 is 2.07 bits per heavy atom. The molecule has 1 unspecified atom stereocenters. The minimum atomic E-state index is -2.25. The number of aliphatic hydroxyl groups excluding tert-OH is 1.